The first-order valence-electron chi connectivity index (χ1n) is 4.68. The molecule has 2 atom stereocenters. The van der Waals surface area contributed by atoms with Gasteiger partial charge in [0.05, 0.1) is 6.61 Å². The number of aliphatic hydroxyl groups is 1. The Labute approximate surface area is 78.4 Å². The fourth-order valence-corrected chi connectivity index (χ4v) is 1.97. The number of hydrogen-bond acceptors (Lipinski definition) is 2. The van der Waals surface area contributed by atoms with Crippen molar-refractivity contribution in [1.29, 1.82) is 0 Å². The van der Waals surface area contributed by atoms with Crippen molar-refractivity contribution in [2.75, 3.05) is 13.2 Å². The molecular weight excluding hydrogens is 162 g/mol. The van der Waals surface area contributed by atoms with E-state index in [0.717, 1.165) is 6.42 Å². The van der Waals surface area contributed by atoms with Crippen molar-refractivity contribution >= 4 is 0 Å². The second kappa shape index (κ2) is 3.13. The largest absolute Gasteiger partial charge is 0.396 e. The van der Waals surface area contributed by atoms with Gasteiger partial charge in [-0.15, -0.1) is 0 Å². The van der Waals surface area contributed by atoms with E-state index in [1.54, 1.807) is 0 Å². The summed E-state index contributed by atoms with van der Waals surface area (Å²) in [6.45, 7) is 0.798. The first kappa shape index (κ1) is 8.73. The van der Waals surface area contributed by atoms with Gasteiger partial charge < -0.3 is 10.8 Å². The minimum atomic E-state index is -0.0125. The third-order valence-corrected chi connectivity index (χ3v) is 3.11. The van der Waals surface area contributed by atoms with Gasteiger partial charge in [-0.25, -0.2) is 0 Å². The maximum Gasteiger partial charge on any atom is 0.0505 e. The molecule has 0 aliphatic heterocycles. The first-order chi connectivity index (χ1) is 6.32. The lowest BCUT2D eigenvalue weighted by atomic mass is 10.0. The Morgan fingerprint density at radius 2 is 2.08 bits per heavy atom. The summed E-state index contributed by atoms with van der Waals surface area (Å²) in [6.07, 6.45) is 1.03. The molecule has 1 aromatic rings. The zero-order valence-electron chi connectivity index (χ0n) is 7.61. The molecule has 2 heteroatoms. The van der Waals surface area contributed by atoms with Gasteiger partial charge in [-0.2, -0.15) is 0 Å². The van der Waals surface area contributed by atoms with Gasteiger partial charge in [-0.3, -0.25) is 0 Å². The van der Waals surface area contributed by atoms with Crippen LogP contribution in [0.4, 0.5) is 0 Å². The molecule has 0 amide bonds. The highest BCUT2D eigenvalue weighted by molar-refractivity contribution is 5.30. The molecule has 0 radical (unpaired) electrons. The average Bonchev–Trinajstić information content (AvgIpc) is 2.95. The second-order valence-corrected chi connectivity index (χ2v) is 3.89. The van der Waals surface area contributed by atoms with Gasteiger partial charge in [0.1, 0.15) is 0 Å². The lowest BCUT2D eigenvalue weighted by Crippen LogP contribution is -2.21. The maximum atomic E-state index is 9.21. The van der Waals surface area contributed by atoms with E-state index < -0.39 is 0 Å². The van der Waals surface area contributed by atoms with Gasteiger partial charge in [-0.1, -0.05) is 30.3 Å². The summed E-state index contributed by atoms with van der Waals surface area (Å²) in [6, 6.07) is 10.3. The molecule has 2 rings (SSSR count). The third kappa shape index (κ3) is 1.36. The monoisotopic (exact) mass is 177 g/mol. The molecule has 2 nitrogen and oxygen atoms in total. The van der Waals surface area contributed by atoms with Gasteiger partial charge in [0.2, 0.25) is 0 Å². The molecule has 1 saturated carbocycles. The average molecular weight is 177 g/mol. The molecule has 1 aliphatic carbocycles. The summed E-state index contributed by atoms with van der Waals surface area (Å²) in [7, 11) is 0. The van der Waals surface area contributed by atoms with E-state index >= 15 is 0 Å². The molecule has 1 aliphatic rings. The van der Waals surface area contributed by atoms with Crippen LogP contribution in [0, 0.1) is 5.41 Å². The Hall–Kier alpha value is -0.860. The smallest absolute Gasteiger partial charge is 0.0505 e. The quantitative estimate of drug-likeness (QED) is 0.726. The van der Waals surface area contributed by atoms with Crippen LogP contribution in [0.2, 0.25) is 0 Å². The van der Waals surface area contributed by atoms with E-state index in [9.17, 15) is 5.11 Å². The van der Waals surface area contributed by atoms with Crippen LogP contribution in [0.25, 0.3) is 0 Å². The van der Waals surface area contributed by atoms with Crippen LogP contribution < -0.4 is 5.73 Å². The van der Waals surface area contributed by atoms with E-state index in [4.69, 9.17) is 5.73 Å². The number of aliphatic hydroxyl groups excluding tert-OH is 1. The van der Waals surface area contributed by atoms with Crippen molar-refractivity contribution in [2.24, 2.45) is 11.1 Å². The number of hydrogen-bond donors (Lipinski definition) is 2. The van der Waals surface area contributed by atoms with Crippen LogP contribution in [-0.4, -0.2) is 18.3 Å². The van der Waals surface area contributed by atoms with E-state index in [0.29, 0.717) is 12.5 Å². The Morgan fingerprint density at radius 3 is 2.54 bits per heavy atom. The van der Waals surface area contributed by atoms with E-state index in [1.807, 2.05) is 18.2 Å². The van der Waals surface area contributed by atoms with E-state index in [-0.39, 0.29) is 12.0 Å². The standard InChI is InChI=1S/C11H15NO/c12-7-11(8-13)6-10(11)9-4-2-1-3-5-9/h1-5,10,13H,6-8,12H2/t10-,11-/m1/s1. The molecule has 0 aromatic heterocycles. The molecular formula is C11H15NO. The lowest BCUT2D eigenvalue weighted by molar-refractivity contribution is 0.211. The molecule has 70 valence electrons. The lowest BCUT2D eigenvalue weighted by Gasteiger charge is -2.10. The normalized spacial score (nSPS) is 31.7. The van der Waals surface area contributed by atoms with Gasteiger partial charge in [-0.05, 0) is 17.9 Å². The fourth-order valence-electron chi connectivity index (χ4n) is 1.97. The Kier molecular flexibility index (Phi) is 2.10. The molecule has 1 aromatic carbocycles. The molecule has 0 unspecified atom stereocenters. The summed E-state index contributed by atoms with van der Waals surface area (Å²) in [4.78, 5) is 0. The van der Waals surface area contributed by atoms with Gasteiger partial charge in [0.15, 0.2) is 0 Å². The van der Waals surface area contributed by atoms with Gasteiger partial charge >= 0.3 is 0 Å². The molecule has 0 saturated heterocycles. The van der Waals surface area contributed by atoms with Gasteiger partial charge in [0.25, 0.3) is 0 Å². The van der Waals surface area contributed by atoms with Crippen LogP contribution >= 0.6 is 0 Å². The molecule has 0 bridgehead atoms. The van der Waals surface area contributed by atoms with Crippen molar-refractivity contribution < 1.29 is 5.11 Å². The highest BCUT2D eigenvalue weighted by Crippen LogP contribution is 2.58. The number of benzene rings is 1. The van der Waals surface area contributed by atoms with Crippen molar-refractivity contribution in [3.05, 3.63) is 35.9 Å². The molecule has 1 fully saturated rings. The van der Waals surface area contributed by atoms with Crippen LogP contribution in [-0.2, 0) is 0 Å². The SMILES string of the molecule is NC[C@@]1(CO)C[C@@H]1c1ccccc1. The Balaban J connectivity index is 2.15. The summed E-state index contributed by atoms with van der Waals surface area (Å²) in [5, 5.41) is 9.21. The molecule has 3 N–H and O–H groups in total. The zero-order valence-corrected chi connectivity index (χ0v) is 7.61. The van der Waals surface area contributed by atoms with E-state index in [2.05, 4.69) is 12.1 Å². The van der Waals surface area contributed by atoms with Crippen molar-refractivity contribution in [1.82, 2.24) is 0 Å². The highest BCUT2D eigenvalue weighted by atomic mass is 16.3. The highest BCUT2D eigenvalue weighted by Gasteiger charge is 2.53. The summed E-state index contributed by atoms with van der Waals surface area (Å²) in [5.74, 6) is 0.476. The Morgan fingerprint density at radius 1 is 1.38 bits per heavy atom. The van der Waals surface area contributed by atoms with Crippen LogP contribution in [0.1, 0.15) is 17.9 Å². The fraction of sp³-hybridized carbons (Fsp3) is 0.455. The molecule has 0 spiro atoms. The molecule has 13 heavy (non-hydrogen) atoms. The summed E-state index contributed by atoms with van der Waals surface area (Å²) < 4.78 is 0. The summed E-state index contributed by atoms with van der Waals surface area (Å²) >= 11 is 0. The zero-order chi connectivity index (χ0) is 9.31. The summed E-state index contributed by atoms with van der Waals surface area (Å²) in [5.41, 5.74) is 6.94. The predicted octanol–water partition coefficient (Wildman–Crippen LogP) is 1.11. The van der Waals surface area contributed by atoms with Crippen LogP contribution in [0.5, 0.6) is 0 Å². The van der Waals surface area contributed by atoms with Crippen molar-refractivity contribution in [2.45, 2.75) is 12.3 Å². The minimum absolute atomic E-state index is 0.0125. The Bertz CT molecular complexity index is 279. The van der Waals surface area contributed by atoms with Crippen molar-refractivity contribution in [3.63, 3.8) is 0 Å². The van der Waals surface area contributed by atoms with Crippen molar-refractivity contribution in [3.8, 4) is 0 Å². The third-order valence-electron chi connectivity index (χ3n) is 3.11. The first-order valence-corrected chi connectivity index (χ1v) is 4.68. The van der Waals surface area contributed by atoms with Gasteiger partial charge in [0, 0.05) is 12.0 Å². The van der Waals surface area contributed by atoms with Crippen LogP contribution in [0.3, 0.4) is 0 Å². The molecule has 0 heterocycles. The minimum Gasteiger partial charge on any atom is -0.396 e. The number of nitrogens with two attached hydrogens (primary N) is 1. The van der Waals surface area contributed by atoms with Crippen LogP contribution in [0.15, 0.2) is 30.3 Å². The second-order valence-electron chi connectivity index (χ2n) is 3.89. The predicted molar refractivity (Wildman–Crippen MR) is 52.4 cm³/mol. The number of rotatable bonds is 3. The van der Waals surface area contributed by atoms with E-state index in [1.165, 1.54) is 5.56 Å². The maximum absolute atomic E-state index is 9.21. The topological polar surface area (TPSA) is 46.2 Å².